The number of rotatable bonds is 6. The van der Waals surface area contributed by atoms with Crippen LogP contribution in [0.25, 0.3) is 0 Å². The second-order valence-corrected chi connectivity index (χ2v) is 7.63. The van der Waals surface area contributed by atoms with E-state index in [-0.39, 0.29) is 23.7 Å². The van der Waals surface area contributed by atoms with Crippen molar-refractivity contribution in [3.63, 3.8) is 0 Å². The number of nitro benzene ring substituents is 1. The zero-order chi connectivity index (χ0) is 20.3. The zero-order valence-electron chi connectivity index (χ0n) is 15.5. The Balaban J connectivity index is 1.88. The van der Waals surface area contributed by atoms with Crippen molar-refractivity contribution >= 4 is 33.2 Å². The molecule has 2 aromatic carbocycles. The van der Waals surface area contributed by atoms with Crippen LogP contribution in [0.2, 0.25) is 0 Å². The molecule has 1 aliphatic rings. The molecule has 0 aromatic heterocycles. The second kappa shape index (κ2) is 8.68. The van der Waals surface area contributed by atoms with Gasteiger partial charge < -0.3 is 9.80 Å². The molecule has 0 N–H and O–H groups in total. The molecule has 0 atom stereocenters. The summed E-state index contributed by atoms with van der Waals surface area (Å²) in [7, 11) is 0. The fraction of sp³-hybridized carbons (Fsp3) is 0.350. The standard InChI is InChI=1S/C20H21BrFN3O3/c1-2-23(13-15-11-16(21)6-7-17(15)22)20(26)14-5-8-18(19(12-14)25(27)28)24-9-3-4-10-24/h5-8,11-12H,2-4,9-10,13H2,1H3. The molecule has 0 bridgehead atoms. The van der Waals surface area contributed by atoms with Gasteiger partial charge in [0.15, 0.2) is 0 Å². The summed E-state index contributed by atoms with van der Waals surface area (Å²) in [5.74, 6) is -0.761. The van der Waals surface area contributed by atoms with Crippen molar-refractivity contribution in [2.75, 3.05) is 24.5 Å². The third kappa shape index (κ3) is 4.32. The lowest BCUT2D eigenvalue weighted by atomic mass is 10.1. The van der Waals surface area contributed by atoms with Crippen molar-refractivity contribution < 1.29 is 14.1 Å². The van der Waals surface area contributed by atoms with Crippen molar-refractivity contribution in [1.82, 2.24) is 4.90 Å². The Labute approximate surface area is 171 Å². The predicted octanol–water partition coefficient (Wildman–Crippen LogP) is 4.76. The summed E-state index contributed by atoms with van der Waals surface area (Å²) in [5, 5.41) is 11.6. The summed E-state index contributed by atoms with van der Waals surface area (Å²) in [6.45, 7) is 3.78. The monoisotopic (exact) mass is 449 g/mol. The van der Waals surface area contributed by atoms with E-state index < -0.39 is 10.7 Å². The second-order valence-electron chi connectivity index (χ2n) is 6.71. The van der Waals surface area contributed by atoms with Crippen LogP contribution in [0.3, 0.4) is 0 Å². The van der Waals surface area contributed by atoms with Crippen molar-refractivity contribution in [3.8, 4) is 0 Å². The molecule has 0 spiro atoms. The lowest BCUT2D eigenvalue weighted by molar-refractivity contribution is -0.384. The van der Waals surface area contributed by atoms with E-state index in [1.807, 2.05) is 4.90 Å². The van der Waals surface area contributed by atoms with E-state index in [4.69, 9.17) is 0 Å². The first-order valence-corrected chi connectivity index (χ1v) is 9.96. The number of carbonyl (C=O) groups is 1. The van der Waals surface area contributed by atoms with Gasteiger partial charge in [-0.25, -0.2) is 4.39 Å². The average Bonchev–Trinajstić information content (AvgIpc) is 3.22. The summed E-state index contributed by atoms with van der Waals surface area (Å²) < 4.78 is 14.8. The van der Waals surface area contributed by atoms with Gasteiger partial charge in [0.1, 0.15) is 11.5 Å². The molecule has 6 nitrogen and oxygen atoms in total. The van der Waals surface area contributed by atoms with E-state index in [1.165, 1.54) is 17.0 Å². The van der Waals surface area contributed by atoms with E-state index in [1.54, 1.807) is 31.2 Å². The molecule has 148 valence electrons. The van der Waals surface area contributed by atoms with Gasteiger partial charge in [-0.2, -0.15) is 0 Å². The number of halogens is 2. The van der Waals surface area contributed by atoms with E-state index >= 15 is 0 Å². The Hall–Kier alpha value is -2.48. The summed E-state index contributed by atoms with van der Waals surface area (Å²) in [6.07, 6.45) is 2.00. The van der Waals surface area contributed by atoms with Gasteiger partial charge in [-0.05, 0) is 50.1 Å². The minimum absolute atomic E-state index is 0.0718. The van der Waals surface area contributed by atoms with Crippen LogP contribution < -0.4 is 4.90 Å². The van der Waals surface area contributed by atoms with E-state index in [2.05, 4.69) is 15.9 Å². The molecule has 1 fully saturated rings. The Kier molecular flexibility index (Phi) is 6.28. The van der Waals surface area contributed by atoms with Crippen molar-refractivity contribution in [2.45, 2.75) is 26.3 Å². The number of benzene rings is 2. The minimum Gasteiger partial charge on any atom is -0.366 e. The molecule has 3 rings (SSSR count). The van der Waals surface area contributed by atoms with Gasteiger partial charge in [0.05, 0.1) is 4.92 Å². The SMILES string of the molecule is CCN(Cc1cc(Br)ccc1F)C(=O)c1ccc(N2CCCC2)c([N+](=O)[O-])c1. The van der Waals surface area contributed by atoms with Crippen molar-refractivity contribution in [1.29, 1.82) is 0 Å². The molecular weight excluding hydrogens is 429 g/mol. The quantitative estimate of drug-likeness (QED) is 0.470. The number of anilines is 1. The van der Waals surface area contributed by atoms with Gasteiger partial charge in [-0.1, -0.05) is 15.9 Å². The molecule has 1 aliphatic heterocycles. The van der Waals surface area contributed by atoms with Crippen LogP contribution in [0.5, 0.6) is 0 Å². The summed E-state index contributed by atoms with van der Waals surface area (Å²) in [5.41, 5.74) is 1.08. The van der Waals surface area contributed by atoms with Crippen LogP contribution in [0.4, 0.5) is 15.8 Å². The molecule has 0 radical (unpaired) electrons. The van der Waals surface area contributed by atoms with Crippen LogP contribution in [0.1, 0.15) is 35.7 Å². The maximum Gasteiger partial charge on any atom is 0.293 e. The molecule has 1 amide bonds. The Morgan fingerprint density at radius 2 is 1.96 bits per heavy atom. The molecule has 0 unspecified atom stereocenters. The number of hydrogen-bond donors (Lipinski definition) is 0. The Morgan fingerprint density at radius 1 is 1.25 bits per heavy atom. The van der Waals surface area contributed by atoms with Crippen molar-refractivity contribution in [3.05, 3.63) is 67.9 Å². The highest BCUT2D eigenvalue weighted by Crippen LogP contribution is 2.32. The van der Waals surface area contributed by atoms with Gasteiger partial charge >= 0.3 is 0 Å². The first kappa shape index (κ1) is 20.3. The molecule has 1 saturated heterocycles. The molecule has 0 saturated carbocycles. The van der Waals surface area contributed by atoms with Crippen molar-refractivity contribution in [2.24, 2.45) is 0 Å². The summed E-state index contributed by atoms with van der Waals surface area (Å²) in [4.78, 5) is 27.5. The Morgan fingerprint density at radius 3 is 2.61 bits per heavy atom. The van der Waals surface area contributed by atoms with E-state index in [0.29, 0.717) is 17.8 Å². The van der Waals surface area contributed by atoms with Crippen LogP contribution >= 0.6 is 15.9 Å². The molecule has 28 heavy (non-hydrogen) atoms. The first-order valence-electron chi connectivity index (χ1n) is 9.17. The smallest absolute Gasteiger partial charge is 0.293 e. The Bertz CT molecular complexity index is 900. The van der Waals surface area contributed by atoms with Crippen LogP contribution in [0, 0.1) is 15.9 Å². The number of hydrogen-bond acceptors (Lipinski definition) is 4. The zero-order valence-corrected chi connectivity index (χ0v) is 17.1. The predicted molar refractivity (Wildman–Crippen MR) is 109 cm³/mol. The summed E-state index contributed by atoms with van der Waals surface area (Å²) in [6, 6.07) is 9.15. The number of nitrogens with zero attached hydrogens (tertiary/aromatic N) is 3. The third-order valence-corrected chi connectivity index (χ3v) is 5.40. The minimum atomic E-state index is -0.450. The summed E-state index contributed by atoms with van der Waals surface area (Å²) >= 11 is 3.31. The highest BCUT2D eigenvalue weighted by Gasteiger charge is 2.25. The van der Waals surface area contributed by atoms with Gasteiger partial charge in [-0.3, -0.25) is 14.9 Å². The third-order valence-electron chi connectivity index (χ3n) is 4.90. The fourth-order valence-corrected chi connectivity index (χ4v) is 3.82. The largest absolute Gasteiger partial charge is 0.366 e. The van der Waals surface area contributed by atoms with Gasteiger partial charge in [0.2, 0.25) is 0 Å². The first-order chi connectivity index (χ1) is 13.4. The lowest BCUT2D eigenvalue weighted by Crippen LogP contribution is -2.31. The highest BCUT2D eigenvalue weighted by molar-refractivity contribution is 9.10. The topological polar surface area (TPSA) is 66.7 Å². The molecule has 0 aliphatic carbocycles. The van der Waals surface area contributed by atoms with Crippen LogP contribution in [-0.4, -0.2) is 35.4 Å². The van der Waals surface area contributed by atoms with Crippen LogP contribution in [-0.2, 0) is 6.54 Å². The fourth-order valence-electron chi connectivity index (χ4n) is 3.41. The van der Waals surface area contributed by atoms with Crippen LogP contribution in [0.15, 0.2) is 40.9 Å². The molecule has 2 aromatic rings. The molecular formula is C20H21BrFN3O3. The maximum absolute atomic E-state index is 14.1. The van der Waals surface area contributed by atoms with Gasteiger partial charge in [0, 0.05) is 47.8 Å². The van der Waals surface area contributed by atoms with E-state index in [9.17, 15) is 19.3 Å². The molecule has 1 heterocycles. The average molecular weight is 450 g/mol. The highest BCUT2D eigenvalue weighted by atomic mass is 79.9. The lowest BCUT2D eigenvalue weighted by Gasteiger charge is -2.22. The maximum atomic E-state index is 14.1. The number of amides is 1. The molecule has 8 heteroatoms. The van der Waals surface area contributed by atoms with Gasteiger partial charge in [0.25, 0.3) is 11.6 Å². The van der Waals surface area contributed by atoms with E-state index in [0.717, 1.165) is 30.4 Å². The van der Waals surface area contributed by atoms with Gasteiger partial charge in [-0.15, -0.1) is 0 Å². The number of carbonyl (C=O) groups excluding carboxylic acids is 1. The normalized spacial score (nSPS) is 13.6. The number of nitro groups is 1.